The van der Waals surface area contributed by atoms with Crippen molar-refractivity contribution in [3.05, 3.63) is 35.4 Å². The molecule has 3 N–H and O–H groups in total. The van der Waals surface area contributed by atoms with Gasteiger partial charge in [0.25, 0.3) is 0 Å². The van der Waals surface area contributed by atoms with Gasteiger partial charge in [-0.2, -0.15) is 0 Å². The average Bonchev–Trinajstić information content (AvgIpc) is 2.75. The Balaban J connectivity index is 2.16. The van der Waals surface area contributed by atoms with Crippen molar-refractivity contribution in [3.8, 4) is 0 Å². The van der Waals surface area contributed by atoms with Gasteiger partial charge in [0.15, 0.2) is 0 Å². The van der Waals surface area contributed by atoms with Crippen LogP contribution in [0, 0.1) is 0 Å². The van der Waals surface area contributed by atoms with E-state index in [1.54, 1.807) is 26.8 Å². The van der Waals surface area contributed by atoms with E-state index in [4.69, 9.17) is 0 Å². The van der Waals surface area contributed by atoms with E-state index in [0.717, 1.165) is 11.8 Å². The molecule has 1 aliphatic heterocycles. The first-order valence-corrected chi connectivity index (χ1v) is 10.8. The lowest BCUT2D eigenvalue weighted by atomic mass is 10.1. The lowest BCUT2D eigenvalue weighted by molar-refractivity contribution is -0.140. The average molecular weight is 465 g/mol. The molecule has 0 bridgehead atoms. The fourth-order valence-electron chi connectivity index (χ4n) is 3.74. The van der Waals surface area contributed by atoms with Gasteiger partial charge in [-0.1, -0.05) is 24.3 Å². The minimum atomic E-state index is -0.983. The maximum absolute atomic E-state index is 11.3. The molecule has 1 fully saturated rings. The number of carboxylic acids is 3. The van der Waals surface area contributed by atoms with E-state index in [1.807, 2.05) is 12.1 Å². The molecule has 0 unspecified atom stereocenters. The fourth-order valence-corrected chi connectivity index (χ4v) is 3.74. The van der Waals surface area contributed by atoms with Crippen LogP contribution in [0.3, 0.4) is 0 Å². The number of carbonyl (C=O) groups excluding carboxylic acids is 1. The van der Waals surface area contributed by atoms with E-state index in [2.05, 4.69) is 4.90 Å². The molecule has 1 saturated heterocycles. The van der Waals surface area contributed by atoms with E-state index >= 15 is 0 Å². The summed E-state index contributed by atoms with van der Waals surface area (Å²) in [7, 11) is 0. The van der Waals surface area contributed by atoms with Crippen molar-refractivity contribution in [1.82, 2.24) is 19.6 Å². The van der Waals surface area contributed by atoms with Crippen molar-refractivity contribution in [2.24, 2.45) is 0 Å². The highest BCUT2D eigenvalue weighted by molar-refractivity contribution is 5.74. The van der Waals surface area contributed by atoms with Crippen LogP contribution >= 0.6 is 0 Å². The molecule has 11 heteroatoms. The number of nitrogens with zero attached hydrogens (tertiary/aromatic N) is 4. The maximum Gasteiger partial charge on any atom is 0.317 e. The molecule has 2 rings (SSSR count). The smallest absolute Gasteiger partial charge is 0.317 e. The summed E-state index contributed by atoms with van der Waals surface area (Å²) < 4.78 is 0. The van der Waals surface area contributed by atoms with E-state index in [-0.39, 0.29) is 19.6 Å². The summed E-state index contributed by atoms with van der Waals surface area (Å²) in [6.45, 7) is 3.67. The van der Waals surface area contributed by atoms with Gasteiger partial charge < -0.3 is 15.3 Å². The van der Waals surface area contributed by atoms with Crippen LogP contribution in [-0.4, -0.2) is 131 Å². The molecule has 33 heavy (non-hydrogen) atoms. The van der Waals surface area contributed by atoms with Gasteiger partial charge in [0.1, 0.15) is 6.29 Å². The summed E-state index contributed by atoms with van der Waals surface area (Å²) in [6.07, 6.45) is 0.779. The van der Waals surface area contributed by atoms with Crippen LogP contribution in [0.5, 0.6) is 0 Å². The highest BCUT2D eigenvalue weighted by Gasteiger charge is 2.20. The molecule has 0 aromatic heterocycles. The molecule has 0 radical (unpaired) electrons. The van der Waals surface area contributed by atoms with Gasteiger partial charge in [-0.05, 0) is 5.56 Å². The molecule has 0 atom stereocenters. The molecular weight excluding hydrogens is 432 g/mol. The molecule has 0 saturated carbocycles. The maximum atomic E-state index is 11.3. The zero-order chi connectivity index (χ0) is 24.2. The summed E-state index contributed by atoms with van der Waals surface area (Å²) in [4.78, 5) is 52.2. The number of carboxylic acid groups (broad SMARTS) is 3. The number of aliphatic carboxylic acids is 3. The van der Waals surface area contributed by atoms with Crippen LogP contribution in [0.2, 0.25) is 0 Å². The Labute approximate surface area is 192 Å². The largest absolute Gasteiger partial charge is 0.480 e. The van der Waals surface area contributed by atoms with Crippen LogP contribution in [0.1, 0.15) is 15.9 Å². The van der Waals surface area contributed by atoms with Crippen molar-refractivity contribution in [2.45, 2.75) is 6.54 Å². The minimum Gasteiger partial charge on any atom is -0.480 e. The second-order valence-electron chi connectivity index (χ2n) is 8.15. The van der Waals surface area contributed by atoms with Gasteiger partial charge in [-0.25, -0.2) is 0 Å². The number of hydrogen-bond donors (Lipinski definition) is 3. The topological polar surface area (TPSA) is 142 Å². The molecule has 182 valence electrons. The molecule has 0 amide bonds. The Hall–Kier alpha value is -2.86. The first-order chi connectivity index (χ1) is 15.7. The van der Waals surface area contributed by atoms with Crippen molar-refractivity contribution < 1.29 is 34.5 Å². The number of benzene rings is 1. The molecular formula is C22H32N4O7. The van der Waals surface area contributed by atoms with Gasteiger partial charge in [-0.15, -0.1) is 0 Å². The molecule has 0 aliphatic carbocycles. The fraction of sp³-hybridized carbons (Fsp3) is 0.545. The van der Waals surface area contributed by atoms with E-state index < -0.39 is 17.9 Å². The number of aldehydes is 1. The Morgan fingerprint density at radius 2 is 0.970 bits per heavy atom. The number of rotatable bonds is 9. The predicted octanol–water partition coefficient (Wildman–Crippen LogP) is -0.525. The monoisotopic (exact) mass is 464 g/mol. The first-order valence-electron chi connectivity index (χ1n) is 10.8. The first kappa shape index (κ1) is 26.4. The van der Waals surface area contributed by atoms with Gasteiger partial charge in [0, 0.05) is 64.5 Å². The Bertz CT molecular complexity index is 770. The third kappa shape index (κ3) is 10.5. The van der Waals surface area contributed by atoms with Gasteiger partial charge >= 0.3 is 17.9 Å². The molecule has 1 heterocycles. The third-order valence-corrected chi connectivity index (χ3v) is 5.53. The highest BCUT2D eigenvalue weighted by Crippen LogP contribution is 2.08. The minimum absolute atomic E-state index is 0.145. The van der Waals surface area contributed by atoms with Crippen molar-refractivity contribution in [1.29, 1.82) is 0 Å². The number of carbonyl (C=O) groups is 4. The summed E-state index contributed by atoms with van der Waals surface area (Å²) >= 11 is 0. The van der Waals surface area contributed by atoms with Crippen LogP contribution in [0.4, 0.5) is 0 Å². The predicted molar refractivity (Wildman–Crippen MR) is 119 cm³/mol. The lowest BCUT2D eigenvalue weighted by Crippen LogP contribution is -2.48. The molecule has 1 aliphatic rings. The zero-order valence-corrected chi connectivity index (χ0v) is 18.6. The molecule has 1 aromatic rings. The Morgan fingerprint density at radius 1 is 0.636 bits per heavy atom. The zero-order valence-electron chi connectivity index (χ0n) is 18.6. The van der Waals surface area contributed by atoms with Crippen LogP contribution < -0.4 is 0 Å². The standard InChI is InChI=1S/C22H32N4O7/c27-17-19-3-1-18(2-4-19)13-23-5-7-24(14-20(28)29)9-11-26(16-22(32)33)12-10-25(8-6-23)15-21(30)31/h1-4,17H,5-16H2,(H,28,29)(H,30,31)(H,32,33). The second-order valence-corrected chi connectivity index (χ2v) is 8.15. The van der Waals surface area contributed by atoms with Crippen LogP contribution in [0.25, 0.3) is 0 Å². The lowest BCUT2D eigenvalue weighted by Gasteiger charge is -2.33. The quantitative estimate of drug-likeness (QED) is 0.406. The molecule has 0 spiro atoms. The number of hydrogen-bond acceptors (Lipinski definition) is 8. The van der Waals surface area contributed by atoms with Gasteiger partial charge in [-0.3, -0.25) is 38.8 Å². The third-order valence-electron chi connectivity index (χ3n) is 5.53. The summed E-state index contributed by atoms with van der Waals surface area (Å²) in [5.74, 6) is -2.88. The molecule has 1 aromatic carbocycles. The van der Waals surface area contributed by atoms with Crippen molar-refractivity contribution in [3.63, 3.8) is 0 Å². The summed E-state index contributed by atoms with van der Waals surface area (Å²) in [6, 6.07) is 7.22. The second kappa shape index (κ2) is 13.6. The van der Waals surface area contributed by atoms with E-state index in [0.29, 0.717) is 64.5 Å². The van der Waals surface area contributed by atoms with Gasteiger partial charge in [0.05, 0.1) is 19.6 Å². The SMILES string of the molecule is O=Cc1ccc(CN2CCN(CC(=O)O)CCN(CC(=O)O)CCN(CC(=O)O)CC2)cc1. The van der Waals surface area contributed by atoms with E-state index in [1.165, 1.54) is 0 Å². The van der Waals surface area contributed by atoms with Crippen molar-refractivity contribution >= 4 is 24.2 Å². The Morgan fingerprint density at radius 3 is 1.27 bits per heavy atom. The molecule has 11 nitrogen and oxygen atoms in total. The Kier molecular flexibility index (Phi) is 10.9. The van der Waals surface area contributed by atoms with Crippen LogP contribution in [0.15, 0.2) is 24.3 Å². The normalized spacial score (nSPS) is 18.2. The summed E-state index contributed by atoms with van der Waals surface area (Å²) in [5.41, 5.74) is 1.58. The summed E-state index contributed by atoms with van der Waals surface area (Å²) in [5, 5.41) is 27.8. The van der Waals surface area contributed by atoms with Crippen molar-refractivity contribution in [2.75, 3.05) is 72.0 Å². The highest BCUT2D eigenvalue weighted by atomic mass is 16.4. The van der Waals surface area contributed by atoms with Gasteiger partial charge in [0.2, 0.25) is 0 Å². The van der Waals surface area contributed by atoms with Crippen LogP contribution in [-0.2, 0) is 20.9 Å². The van der Waals surface area contributed by atoms with E-state index in [9.17, 15) is 34.5 Å².